The second-order valence-electron chi connectivity index (χ2n) is 7.48. The monoisotopic (exact) mass is 375 g/mol. The van der Waals surface area contributed by atoms with Crippen LogP contribution in [0.1, 0.15) is 74.6 Å². The van der Waals surface area contributed by atoms with Crippen molar-refractivity contribution in [2.45, 2.75) is 70.3 Å². The molecule has 1 amide bonds. The first-order valence-electron chi connectivity index (χ1n) is 10.2. The van der Waals surface area contributed by atoms with Crippen LogP contribution in [0.15, 0.2) is 24.3 Å². The summed E-state index contributed by atoms with van der Waals surface area (Å²) in [5, 5.41) is 13.0. The molecule has 0 aromatic heterocycles. The molecule has 1 aromatic carbocycles. The highest BCUT2D eigenvalue weighted by atomic mass is 16.5. The van der Waals surface area contributed by atoms with Crippen molar-refractivity contribution < 1.29 is 19.4 Å². The number of rotatable bonds is 11. The molecule has 1 atom stereocenters. The molecule has 2 rings (SSSR count). The standard InChI is InChI=1S/C22H33NO4/c1-27-19-14-12-18(13-15-19)20(24)10-6-3-7-11-22(26)23-16-21(25)17-8-4-2-5-9-17/h12-15,17,21,25H,2-11,16H2,1H3,(H,23,26)/t21-/m0/s1. The van der Waals surface area contributed by atoms with Gasteiger partial charge in [-0.3, -0.25) is 9.59 Å². The third kappa shape index (κ3) is 7.71. The van der Waals surface area contributed by atoms with E-state index in [2.05, 4.69) is 5.32 Å². The Labute approximate surface area is 162 Å². The van der Waals surface area contributed by atoms with Crippen molar-refractivity contribution in [2.24, 2.45) is 5.92 Å². The summed E-state index contributed by atoms with van der Waals surface area (Å²) in [6.07, 6.45) is 8.69. The number of hydrogen-bond acceptors (Lipinski definition) is 4. The van der Waals surface area contributed by atoms with Crippen LogP contribution in [0.25, 0.3) is 0 Å². The Kier molecular flexibility index (Phi) is 9.32. The minimum absolute atomic E-state index is 0.00802. The number of aliphatic hydroxyl groups is 1. The van der Waals surface area contributed by atoms with Gasteiger partial charge < -0.3 is 15.2 Å². The van der Waals surface area contributed by atoms with Crippen LogP contribution in [0, 0.1) is 5.92 Å². The molecule has 27 heavy (non-hydrogen) atoms. The number of amides is 1. The first-order valence-corrected chi connectivity index (χ1v) is 10.2. The van der Waals surface area contributed by atoms with Crippen LogP contribution in [0.4, 0.5) is 0 Å². The van der Waals surface area contributed by atoms with Crippen LogP contribution in [0.2, 0.25) is 0 Å². The molecule has 0 bridgehead atoms. The van der Waals surface area contributed by atoms with Gasteiger partial charge in [0.1, 0.15) is 5.75 Å². The molecule has 0 radical (unpaired) electrons. The maximum absolute atomic E-state index is 12.1. The van der Waals surface area contributed by atoms with Crippen LogP contribution < -0.4 is 10.1 Å². The first-order chi connectivity index (χ1) is 13.1. The van der Waals surface area contributed by atoms with Gasteiger partial charge in [-0.1, -0.05) is 25.7 Å². The number of hydrogen-bond donors (Lipinski definition) is 2. The molecule has 0 saturated heterocycles. The number of aliphatic hydroxyl groups excluding tert-OH is 1. The summed E-state index contributed by atoms with van der Waals surface area (Å²) >= 11 is 0. The Balaban J connectivity index is 1.53. The van der Waals surface area contributed by atoms with Gasteiger partial charge in [-0.2, -0.15) is 0 Å². The first kappa shape index (κ1) is 21.4. The zero-order chi connectivity index (χ0) is 19.5. The lowest BCUT2D eigenvalue weighted by molar-refractivity contribution is -0.121. The molecule has 0 unspecified atom stereocenters. The smallest absolute Gasteiger partial charge is 0.220 e. The number of carbonyl (C=O) groups excluding carboxylic acids is 2. The van der Waals surface area contributed by atoms with E-state index in [-0.39, 0.29) is 11.7 Å². The van der Waals surface area contributed by atoms with E-state index in [1.807, 2.05) is 0 Å². The van der Waals surface area contributed by atoms with Crippen molar-refractivity contribution in [1.82, 2.24) is 5.32 Å². The molecule has 2 N–H and O–H groups in total. The lowest BCUT2D eigenvalue weighted by Gasteiger charge is -2.26. The highest BCUT2D eigenvalue weighted by Gasteiger charge is 2.21. The number of nitrogens with one attached hydrogen (secondary N) is 1. The summed E-state index contributed by atoms with van der Waals surface area (Å²) in [6, 6.07) is 7.15. The lowest BCUT2D eigenvalue weighted by Crippen LogP contribution is -2.36. The largest absolute Gasteiger partial charge is 0.497 e. The average molecular weight is 376 g/mol. The van der Waals surface area contributed by atoms with Crippen molar-refractivity contribution >= 4 is 11.7 Å². The minimum Gasteiger partial charge on any atom is -0.497 e. The van der Waals surface area contributed by atoms with Crippen LogP contribution in [0.3, 0.4) is 0 Å². The predicted molar refractivity (Wildman–Crippen MR) is 106 cm³/mol. The van der Waals surface area contributed by atoms with Crippen molar-refractivity contribution in [2.75, 3.05) is 13.7 Å². The van der Waals surface area contributed by atoms with Crippen LogP contribution in [-0.2, 0) is 4.79 Å². The molecule has 5 nitrogen and oxygen atoms in total. The van der Waals surface area contributed by atoms with E-state index >= 15 is 0 Å². The highest BCUT2D eigenvalue weighted by Crippen LogP contribution is 2.26. The molecule has 150 valence electrons. The van der Waals surface area contributed by atoms with E-state index in [1.165, 1.54) is 19.3 Å². The number of Topliss-reactive ketones (excluding diaryl/α,β-unsaturated/α-hetero) is 1. The van der Waals surface area contributed by atoms with E-state index in [0.29, 0.717) is 30.9 Å². The maximum atomic E-state index is 12.1. The Hall–Kier alpha value is -1.88. The fourth-order valence-corrected chi connectivity index (χ4v) is 3.66. The van der Waals surface area contributed by atoms with Crippen LogP contribution in [-0.4, -0.2) is 36.6 Å². The molecule has 1 aromatic rings. The lowest BCUT2D eigenvalue weighted by atomic mass is 9.85. The molecule has 0 heterocycles. The van der Waals surface area contributed by atoms with Crippen molar-refractivity contribution in [1.29, 1.82) is 0 Å². The highest BCUT2D eigenvalue weighted by molar-refractivity contribution is 5.96. The third-order valence-corrected chi connectivity index (χ3v) is 5.42. The predicted octanol–water partition coefficient (Wildman–Crippen LogP) is 3.89. The van der Waals surface area contributed by atoms with Gasteiger partial charge in [0, 0.05) is 24.9 Å². The number of carbonyl (C=O) groups is 2. The molecule has 1 aliphatic rings. The quantitative estimate of drug-likeness (QED) is 0.454. The summed E-state index contributed by atoms with van der Waals surface area (Å²) in [6.45, 7) is 0.361. The van der Waals surface area contributed by atoms with E-state index in [1.54, 1.807) is 31.4 Å². The second kappa shape index (κ2) is 11.8. The molecular formula is C22H33NO4. The van der Waals surface area contributed by atoms with Crippen molar-refractivity contribution in [3.8, 4) is 5.75 Å². The van der Waals surface area contributed by atoms with Gasteiger partial charge >= 0.3 is 0 Å². The van der Waals surface area contributed by atoms with Gasteiger partial charge in [0.25, 0.3) is 0 Å². The van der Waals surface area contributed by atoms with E-state index in [0.717, 1.165) is 37.9 Å². The molecule has 1 fully saturated rings. The number of methoxy groups -OCH3 is 1. The zero-order valence-corrected chi connectivity index (χ0v) is 16.4. The normalized spacial score (nSPS) is 15.9. The Morgan fingerprint density at radius 2 is 1.74 bits per heavy atom. The summed E-state index contributed by atoms with van der Waals surface area (Å²) in [5.74, 6) is 1.19. The van der Waals surface area contributed by atoms with Crippen molar-refractivity contribution in [3.63, 3.8) is 0 Å². The van der Waals surface area contributed by atoms with Crippen LogP contribution in [0.5, 0.6) is 5.75 Å². The Morgan fingerprint density at radius 1 is 1.07 bits per heavy atom. The summed E-state index contributed by atoms with van der Waals surface area (Å²) in [7, 11) is 1.60. The number of unbranched alkanes of at least 4 members (excludes halogenated alkanes) is 2. The number of benzene rings is 1. The van der Waals surface area contributed by atoms with Gasteiger partial charge in [0.2, 0.25) is 5.91 Å². The molecule has 0 spiro atoms. The average Bonchev–Trinajstić information content (AvgIpc) is 2.72. The zero-order valence-electron chi connectivity index (χ0n) is 16.4. The van der Waals surface area contributed by atoms with E-state index < -0.39 is 6.10 Å². The van der Waals surface area contributed by atoms with Gasteiger partial charge in [-0.05, 0) is 55.9 Å². The topological polar surface area (TPSA) is 75.6 Å². The summed E-state index contributed by atoms with van der Waals surface area (Å²) in [5.41, 5.74) is 0.699. The Morgan fingerprint density at radius 3 is 2.41 bits per heavy atom. The fourth-order valence-electron chi connectivity index (χ4n) is 3.66. The number of ether oxygens (including phenoxy) is 1. The third-order valence-electron chi connectivity index (χ3n) is 5.42. The van der Waals surface area contributed by atoms with E-state index in [9.17, 15) is 14.7 Å². The van der Waals surface area contributed by atoms with E-state index in [4.69, 9.17) is 4.74 Å². The minimum atomic E-state index is -0.420. The van der Waals surface area contributed by atoms with Gasteiger partial charge in [0.15, 0.2) is 5.78 Å². The fraction of sp³-hybridized carbons (Fsp3) is 0.636. The number of ketones is 1. The van der Waals surface area contributed by atoms with Gasteiger partial charge in [-0.15, -0.1) is 0 Å². The maximum Gasteiger partial charge on any atom is 0.220 e. The molecule has 0 aliphatic heterocycles. The second-order valence-corrected chi connectivity index (χ2v) is 7.48. The van der Waals surface area contributed by atoms with Gasteiger partial charge in [0.05, 0.1) is 13.2 Å². The van der Waals surface area contributed by atoms with Crippen molar-refractivity contribution in [3.05, 3.63) is 29.8 Å². The summed E-state index contributed by atoms with van der Waals surface area (Å²) < 4.78 is 5.09. The van der Waals surface area contributed by atoms with Gasteiger partial charge in [-0.25, -0.2) is 0 Å². The molecular weight excluding hydrogens is 342 g/mol. The summed E-state index contributed by atoms with van der Waals surface area (Å²) in [4.78, 5) is 24.0. The van der Waals surface area contributed by atoms with Crippen LogP contribution >= 0.6 is 0 Å². The SMILES string of the molecule is COc1ccc(C(=O)CCCCCC(=O)NC[C@H](O)C2CCCCC2)cc1. The molecule has 1 aliphatic carbocycles. The molecule has 1 saturated carbocycles. The Bertz CT molecular complexity index is 578. The molecule has 5 heteroatoms.